The van der Waals surface area contributed by atoms with E-state index in [1.165, 1.54) is 0 Å². The summed E-state index contributed by atoms with van der Waals surface area (Å²) in [6, 6.07) is 7.36. The van der Waals surface area contributed by atoms with Crippen LogP contribution >= 0.6 is 0 Å². The first-order valence-corrected chi connectivity index (χ1v) is 9.33. The van der Waals surface area contributed by atoms with Crippen LogP contribution in [0.4, 0.5) is 0 Å². The summed E-state index contributed by atoms with van der Waals surface area (Å²) in [5.74, 6) is 2.37. The minimum atomic E-state index is -0.0651. The molecule has 26 heavy (non-hydrogen) atoms. The Labute approximate surface area is 151 Å². The summed E-state index contributed by atoms with van der Waals surface area (Å²) < 4.78 is 5.48. The van der Waals surface area contributed by atoms with E-state index in [0.717, 1.165) is 54.9 Å². The van der Waals surface area contributed by atoms with Crippen molar-refractivity contribution in [2.75, 3.05) is 6.61 Å². The van der Waals surface area contributed by atoms with Gasteiger partial charge < -0.3 is 15.0 Å². The predicted octanol–water partition coefficient (Wildman–Crippen LogP) is 2.26. The van der Waals surface area contributed by atoms with Gasteiger partial charge in [-0.05, 0) is 49.4 Å². The Bertz CT molecular complexity index is 926. The topological polar surface area (TPSA) is 84.1 Å². The summed E-state index contributed by atoms with van der Waals surface area (Å²) in [6.07, 6.45) is 4.75. The van der Waals surface area contributed by atoms with Crippen molar-refractivity contribution in [3.63, 3.8) is 0 Å². The fourth-order valence-corrected chi connectivity index (χ4v) is 3.83. The molecule has 2 N–H and O–H groups in total. The summed E-state index contributed by atoms with van der Waals surface area (Å²) in [6.45, 7) is 0.691. The number of nitrogens with zero attached hydrogens (tertiary/aromatic N) is 1. The predicted molar refractivity (Wildman–Crippen MR) is 95.7 cm³/mol. The fourth-order valence-electron chi connectivity index (χ4n) is 3.83. The van der Waals surface area contributed by atoms with E-state index in [2.05, 4.69) is 15.3 Å². The van der Waals surface area contributed by atoms with Crippen LogP contribution in [-0.4, -0.2) is 28.5 Å². The Morgan fingerprint density at radius 2 is 2.04 bits per heavy atom. The number of carbonyl (C=O) groups excluding carboxylic acids is 1. The lowest BCUT2D eigenvalue weighted by Gasteiger charge is -2.35. The number of benzene rings is 1. The maximum Gasteiger partial charge on any atom is 0.251 e. The van der Waals surface area contributed by atoms with Crippen LogP contribution in [0.15, 0.2) is 29.1 Å². The lowest BCUT2D eigenvalue weighted by molar-refractivity contribution is 0.0908. The zero-order chi connectivity index (χ0) is 17.7. The van der Waals surface area contributed by atoms with Crippen LogP contribution in [0.1, 0.15) is 65.0 Å². The van der Waals surface area contributed by atoms with Crippen molar-refractivity contribution in [1.82, 2.24) is 15.3 Å². The first-order chi connectivity index (χ1) is 12.7. The third-order valence-corrected chi connectivity index (χ3v) is 5.59. The molecule has 2 aromatic rings. The molecule has 1 aliphatic heterocycles. The smallest absolute Gasteiger partial charge is 0.251 e. The second kappa shape index (κ2) is 5.97. The molecule has 1 aromatic heterocycles. The highest BCUT2D eigenvalue weighted by atomic mass is 16.5. The standard InChI is InChI=1S/C20H21N3O3/c24-18-10-16(22-19(23-18)11-1-2-11)14-8-15(9-14)21-20(25)13-3-4-17-12(7-13)5-6-26-17/h3-4,7,10-11,14-15H,1-2,5-6,8-9H2,(H,21,25)(H,22,23,24). The van der Waals surface area contributed by atoms with Gasteiger partial charge in [-0.15, -0.1) is 0 Å². The third kappa shape index (κ3) is 2.89. The van der Waals surface area contributed by atoms with Crippen molar-refractivity contribution in [3.8, 4) is 5.75 Å². The Morgan fingerprint density at radius 3 is 2.85 bits per heavy atom. The highest BCUT2D eigenvalue weighted by Gasteiger charge is 2.34. The zero-order valence-electron chi connectivity index (χ0n) is 14.5. The summed E-state index contributed by atoms with van der Waals surface area (Å²) in [7, 11) is 0. The van der Waals surface area contributed by atoms with E-state index in [-0.39, 0.29) is 23.4 Å². The minimum Gasteiger partial charge on any atom is -0.493 e. The van der Waals surface area contributed by atoms with Crippen LogP contribution in [0.25, 0.3) is 0 Å². The van der Waals surface area contributed by atoms with E-state index in [0.29, 0.717) is 18.1 Å². The summed E-state index contributed by atoms with van der Waals surface area (Å²) >= 11 is 0. The van der Waals surface area contributed by atoms with E-state index in [1.807, 2.05) is 18.2 Å². The quantitative estimate of drug-likeness (QED) is 0.885. The molecule has 1 amide bonds. The molecule has 3 aliphatic rings. The average Bonchev–Trinajstić information content (AvgIpc) is 3.34. The molecule has 6 heteroatoms. The number of nitrogens with one attached hydrogen (secondary N) is 2. The molecule has 2 aliphatic carbocycles. The maximum absolute atomic E-state index is 12.5. The minimum absolute atomic E-state index is 0.0410. The first-order valence-electron chi connectivity index (χ1n) is 9.33. The third-order valence-electron chi connectivity index (χ3n) is 5.59. The first kappa shape index (κ1) is 15.6. The normalized spacial score (nSPS) is 23.7. The molecule has 6 nitrogen and oxygen atoms in total. The van der Waals surface area contributed by atoms with Crippen LogP contribution in [0.5, 0.6) is 5.75 Å². The highest BCUT2D eigenvalue weighted by Crippen LogP contribution is 2.40. The van der Waals surface area contributed by atoms with E-state index >= 15 is 0 Å². The Balaban J connectivity index is 1.22. The average molecular weight is 351 g/mol. The second-order valence-corrected chi connectivity index (χ2v) is 7.59. The monoisotopic (exact) mass is 351 g/mol. The number of fused-ring (bicyclic) bond motifs is 1. The van der Waals surface area contributed by atoms with E-state index < -0.39 is 0 Å². The molecule has 2 saturated carbocycles. The van der Waals surface area contributed by atoms with Crippen molar-refractivity contribution < 1.29 is 9.53 Å². The van der Waals surface area contributed by atoms with Crippen molar-refractivity contribution in [2.45, 2.75) is 50.0 Å². The largest absolute Gasteiger partial charge is 0.493 e. The van der Waals surface area contributed by atoms with Gasteiger partial charge in [0, 0.05) is 35.9 Å². The van der Waals surface area contributed by atoms with Gasteiger partial charge in [-0.2, -0.15) is 0 Å². The molecule has 134 valence electrons. The van der Waals surface area contributed by atoms with Gasteiger partial charge in [0.1, 0.15) is 11.6 Å². The molecular weight excluding hydrogens is 330 g/mol. The molecule has 5 rings (SSSR count). The van der Waals surface area contributed by atoms with Crippen molar-refractivity contribution in [3.05, 3.63) is 57.3 Å². The number of carbonyl (C=O) groups is 1. The fraction of sp³-hybridized carbons (Fsp3) is 0.450. The lowest BCUT2D eigenvalue weighted by atomic mass is 9.78. The summed E-state index contributed by atoms with van der Waals surface area (Å²) in [4.78, 5) is 31.8. The lowest BCUT2D eigenvalue weighted by Crippen LogP contribution is -2.43. The number of rotatable bonds is 4. The van der Waals surface area contributed by atoms with Gasteiger partial charge in [0.25, 0.3) is 11.5 Å². The molecular formula is C20H21N3O3. The Kier molecular flexibility index (Phi) is 3.58. The molecule has 2 heterocycles. The Morgan fingerprint density at radius 1 is 1.19 bits per heavy atom. The van der Waals surface area contributed by atoms with E-state index in [9.17, 15) is 9.59 Å². The van der Waals surface area contributed by atoms with Crippen LogP contribution in [-0.2, 0) is 6.42 Å². The molecule has 0 saturated heterocycles. The van der Waals surface area contributed by atoms with Gasteiger partial charge in [0.05, 0.1) is 12.3 Å². The van der Waals surface area contributed by atoms with Gasteiger partial charge in [-0.25, -0.2) is 4.98 Å². The second-order valence-electron chi connectivity index (χ2n) is 7.59. The van der Waals surface area contributed by atoms with Gasteiger partial charge in [-0.3, -0.25) is 9.59 Å². The molecule has 0 atom stereocenters. The Hall–Kier alpha value is -2.63. The summed E-state index contributed by atoms with van der Waals surface area (Å²) in [5, 5.41) is 3.09. The van der Waals surface area contributed by atoms with E-state index in [4.69, 9.17) is 4.74 Å². The number of hydrogen-bond donors (Lipinski definition) is 2. The van der Waals surface area contributed by atoms with Crippen LogP contribution < -0.4 is 15.6 Å². The number of hydrogen-bond acceptors (Lipinski definition) is 4. The number of amides is 1. The molecule has 0 spiro atoms. The molecule has 0 radical (unpaired) electrons. The number of aromatic amines is 1. The number of aromatic nitrogens is 2. The maximum atomic E-state index is 12.5. The van der Waals surface area contributed by atoms with Crippen molar-refractivity contribution >= 4 is 5.91 Å². The molecule has 2 fully saturated rings. The molecule has 1 aromatic carbocycles. The van der Waals surface area contributed by atoms with Crippen LogP contribution in [0, 0.1) is 0 Å². The van der Waals surface area contributed by atoms with Gasteiger partial charge in [0.15, 0.2) is 0 Å². The highest BCUT2D eigenvalue weighted by molar-refractivity contribution is 5.94. The zero-order valence-corrected chi connectivity index (χ0v) is 14.5. The number of H-pyrrole nitrogens is 1. The molecule has 0 bridgehead atoms. The van der Waals surface area contributed by atoms with Crippen LogP contribution in [0.3, 0.4) is 0 Å². The molecule has 0 unspecified atom stereocenters. The number of ether oxygens (including phenoxy) is 1. The van der Waals surface area contributed by atoms with Crippen molar-refractivity contribution in [2.24, 2.45) is 0 Å². The summed E-state index contributed by atoms with van der Waals surface area (Å²) in [5.41, 5.74) is 2.59. The van der Waals surface area contributed by atoms with Gasteiger partial charge >= 0.3 is 0 Å². The van der Waals surface area contributed by atoms with Gasteiger partial charge in [-0.1, -0.05) is 0 Å². The SMILES string of the molecule is O=C(NC1CC(c2cc(=O)[nH]c(C3CC3)n2)C1)c1ccc2c(c1)CCO2. The van der Waals surface area contributed by atoms with Crippen LogP contribution in [0.2, 0.25) is 0 Å². The van der Waals surface area contributed by atoms with E-state index in [1.54, 1.807) is 6.07 Å². The van der Waals surface area contributed by atoms with Crippen molar-refractivity contribution in [1.29, 1.82) is 0 Å². The van der Waals surface area contributed by atoms with Gasteiger partial charge in [0.2, 0.25) is 0 Å².